The van der Waals surface area contributed by atoms with Crippen LogP contribution in [0.15, 0.2) is 42.5 Å². The Labute approximate surface area is 188 Å². The molecule has 9 heteroatoms. The summed E-state index contributed by atoms with van der Waals surface area (Å²) in [6.07, 6.45) is -2.52. The number of methoxy groups -OCH3 is 1. The van der Waals surface area contributed by atoms with Crippen molar-refractivity contribution >= 4 is 11.7 Å². The van der Waals surface area contributed by atoms with Gasteiger partial charge in [-0.15, -0.1) is 8.78 Å². The number of anilines is 1. The van der Waals surface area contributed by atoms with Crippen molar-refractivity contribution in [2.24, 2.45) is 0 Å². The number of benzene rings is 1. The quantitative estimate of drug-likeness (QED) is 0.600. The number of pyridine rings is 2. The van der Waals surface area contributed by atoms with Crippen molar-refractivity contribution in [3.63, 3.8) is 0 Å². The summed E-state index contributed by atoms with van der Waals surface area (Å²) >= 11 is 0. The van der Waals surface area contributed by atoms with E-state index in [-0.39, 0.29) is 17.4 Å². The van der Waals surface area contributed by atoms with Gasteiger partial charge >= 0.3 is 6.29 Å². The number of ether oxygens (including phenoxy) is 3. The Balaban J connectivity index is 1.41. The second kappa shape index (κ2) is 7.40. The number of amides is 1. The standard InChI is InChI=1S/C24H21F2N3O4/c1-13-4-7-19(28-21(13)15-10-14(2)27-20(11-15)31-3)29-22(30)23(8-9-23)16-5-6-17-18(12-16)33-24(25,26)32-17/h4-7,10-12H,8-9H2,1-3H3,(H,28,29,30). The SMILES string of the molecule is COc1cc(-c2nc(NC(=O)C3(c4ccc5c(c4)OC(F)(F)O5)CC3)ccc2C)cc(C)n1. The number of nitrogens with one attached hydrogen (secondary N) is 1. The fraction of sp³-hybridized carbons (Fsp3) is 0.292. The van der Waals surface area contributed by atoms with Crippen LogP contribution in [0.1, 0.15) is 29.7 Å². The largest absolute Gasteiger partial charge is 0.586 e. The van der Waals surface area contributed by atoms with E-state index < -0.39 is 11.7 Å². The maximum atomic E-state index is 13.4. The van der Waals surface area contributed by atoms with Gasteiger partial charge in [-0.2, -0.15) is 0 Å². The molecule has 0 radical (unpaired) electrons. The molecule has 0 saturated heterocycles. The van der Waals surface area contributed by atoms with Crippen LogP contribution in [0.2, 0.25) is 0 Å². The molecule has 0 spiro atoms. The topological polar surface area (TPSA) is 82.6 Å². The fourth-order valence-electron chi connectivity index (χ4n) is 4.02. The zero-order valence-corrected chi connectivity index (χ0v) is 18.2. The summed E-state index contributed by atoms with van der Waals surface area (Å²) in [5.74, 6) is 0.500. The lowest BCUT2D eigenvalue weighted by molar-refractivity contribution is -0.286. The van der Waals surface area contributed by atoms with Gasteiger partial charge in [0, 0.05) is 17.3 Å². The van der Waals surface area contributed by atoms with Gasteiger partial charge < -0.3 is 19.5 Å². The van der Waals surface area contributed by atoms with Gasteiger partial charge in [0.1, 0.15) is 5.82 Å². The number of nitrogens with zero attached hydrogens (tertiary/aromatic N) is 2. The fourth-order valence-corrected chi connectivity index (χ4v) is 4.02. The average molecular weight is 453 g/mol. The van der Waals surface area contributed by atoms with Gasteiger partial charge in [0.05, 0.1) is 18.2 Å². The van der Waals surface area contributed by atoms with Gasteiger partial charge in [-0.05, 0) is 62.1 Å². The van der Waals surface area contributed by atoms with Crippen LogP contribution in [0.4, 0.5) is 14.6 Å². The summed E-state index contributed by atoms with van der Waals surface area (Å²) in [7, 11) is 1.55. The summed E-state index contributed by atoms with van der Waals surface area (Å²) in [5, 5.41) is 2.89. The maximum absolute atomic E-state index is 13.4. The molecule has 0 atom stereocenters. The van der Waals surface area contributed by atoms with Crippen molar-refractivity contribution in [1.29, 1.82) is 0 Å². The molecule has 1 amide bonds. The molecule has 5 rings (SSSR count). The van der Waals surface area contributed by atoms with Crippen LogP contribution in [-0.4, -0.2) is 29.3 Å². The number of aromatic nitrogens is 2. The van der Waals surface area contributed by atoms with Gasteiger partial charge in [0.25, 0.3) is 0 Å². The molecule has 1 fully saturated rings. The highest BCUT2D eigenvalue weighted by atomic mass is 19.3. The number of hydrogen-bond donors (Lipinski definition) is 1. The molecule has 3 heterocycles. The van der Waals surface area contributed by atoms with E-state index in [4.69, 9.17) is 4.74 Å². The van der Waals surface area contributed by atoms with E-state index in [1.54, 1.807) is 25.3 Å². The lowest BCUT2D eigenvalue weighted by Gasteiger charge is -2.17. The van der Waals surface area contributed by atoms with Gasteiger partial charge in [0.15, 0.2) is 11.5 Å². The molecular weight excluding hydrogens is 432 g/mol. The number of alkyl halides is 2. The van der Waals surface area contributed by atoms with Crippen molar-refractivity contribution < 1.29 is 27.8 Å². The monoisotopic (exact) mass is 453 g/mol. The van der Waals surface area contributed by atoms with Crippen molar-refractivity contribution in [3.8, 4) is 28.6 Å². The number of fused-ring (bicyclic) bond motifs is 1. The number of carbonyl (C=O) groups excluding carboxylic acids is 1. The molecule has 7 nitrogen and oxygen atoms in total. The second-order valence-corrected chi connectivity index (χ2v) is 8.27. The summed E-state index contributed by atoms with van der Waals surface area (Å²) in [4.78, 5) is 22.2. The molecule has 0 bridgehead atoms. The molecule has 1 aromatic carbocycles. The number of rotatable bonds is 5. The molecular formula is C24H21F2N3O4. The highest BCUT2D eigenvalue weighted by molar-refractivity contribution is 6.01. The molecule has 1 saturated carbocycles. The summed E-state index contributed by atoms with van der Waals surface area (Å²) in [5.41, 5.74) is 3.02. The van der Waals surface area contributed by atoms with Crippen LogP contribution >= 0.6 is 0 Å². The number of aryl methyl sites for hydroxylation is 2. The molecule has 1 aliphatic heterocycles. The van der Waals surface area contributed by atoms with Crippen molar-refractivity contribution in [1.82, 2.24) is 9.97 Å². The predicted octanol–water partition coefficient (Wildman–Crippen LogP) is 4.76. The van der Waals surface area contributed by atoms with Crippen LogP contribution in [0.5, 0.6) is 17.4 Å². The Kier molecular flexibility index (Phi) is 4.73. The first-order chi connectivity index (χ1) is 15.7. The Bertz CT molecular complexity index is 1270. The summed E-state index contributed by atoms with van der Waals surface area (Å²) in [6.45, 7) is 3.80. The highest BCUT2D eigenvalue weighted by Crippen LogP contribution is 2.52. The normalized spacial score (nSPS) is 16.9. The molecule has 33 heavy (non-hydrogen) atoms. The first-order valence-electron chi connectivity index (χ1n) is 10.4. The van der Waals surface area contributed by atoms with Crippen molar-refractivity contribution in [2.45, 2.75) is 38.4 Å². The number of carbonyl (C=O) groups is 1. The highest BCUT2D eigenvalue weighted by Gasteiger charge is 2.53. The molecule has 1 N–H and O–H groups in total. The van der Waals surface area contributed by atoms with Crippen LogP contribution in [0, 0.1) is 13.8 Å². The van der Waals surface area contributed by atoms with Crippen LogP contribution in [0.25, 0.3) is 11.3 Å². The summed E-state index contributed by atoms with van der Waals surface area (Å²) in [6, 6.07) is 11.8. The van der Waals surface area contributed by atoms with Crippen molar-refractivity contribution in [3.05, 3.63) is 59.3 Å². The van der Waals surface area contributed by atoms with E-state index in [1.165, 1.54) is 12.1 Å². The minimum Gasteiger partial charge on any atom is -0.481 e. The minimum absolute atomic E-state index is 0.0483. The van der Waals surface area contributed by atoms with Crippen LogP contribution in [-0.2, 0) is 10.2 Å². The lowest BCUT2D eigenvalue weighted by atomic mass is 9.94. The third-order valence-corrected chi connectivity index (χ3v) is 5.89. The first-order valence-corrected chi connectivity index (χ1v) is 10.4. The van der Waals surface area contributed by atoms with E-state index in [0.717, 1.165) is 16.8 Å². The third kappa shape index (κ3) is 3.83. The Morgan fingerprint density at radius 3 is 2.52 bits per heavy atom. The molecule has 2 aromatic heterocycles. The maximum Gasteiger partial charge on any atom is 0.586 e. The van der Waals surface area contributed by atoms with E-state index >= 15 is 0 Å². The molecule has 2 aliphatic rings. The second-order valence-electron chi connectivity index (χ2n) is 8.27. The predicted molar refractivity (Wildman–Crippen MR) is 116 cm³/mol. The van der Waals surface area contributed by atoms with Crippen molar-refractivity contribution in [2.75, 3.05) is 12.4 Å². The Morgan fingerprint density at radius 1 is 1.03 bits per heavy atom. The van der Waals surface area contributed by atoms with Crippen LogP contribution in [0.3, 0.4) is 0 Å². The van der Waals surface area contributed by atoms with Gasteiger partial charge in [-0.25, -0.2) is 9.97 Å². The average Bonchev–Trinajstić information content (AvgIpc) is 3.51. The van der Waals surface area contributed by atoms with Crippen LogP contribution < -0.4 is 19.5 Å². The number of hydrogen-bond acceptors (Lipinski definition) is 6. The zero-order valence-electron chi connectivity index (χ0n) is 18.2. The number of halogens is 2. The van der Waals surface area contributed by atoms with E-state index in [2.05, 4.69) is 24.8 Å². The molecule has 1 aliphatic carbocycles. The Hall–Kier alpha value is -3.75. The first kappa shape index (κ1) is 21.1. The van der Waals surface area contributed by atoms with Gasteiger partial charge in [-0.1, -0.05) is 12.1 Å². The smallest absolute Gasteiger partial charge is 0.481 e. The molecule has 0 unspecified atom stereocenters. The minimum atomic E-state index is -3.70. The molecule has 170 valence electrons. The molecule has 3 aromatic rings. The lowest BCUT2D eigenvalue weighted by Crippen LogP contribution is -2.28. The van der Waals surface area contributed by atoms with E-state index in [1.807, 2.05) is 26.0 Å². The van der Waals surface area contributed by atoms with E-state index in [0.29, 0.717) is 35.8 Å². The van der Waals surface area contributed by atoms with E-state index in [9.17, 15) is 13.6 Å². The summed E-state index contributed by atoms with van der Waals surface area (Å²) < 4.78 is 41.0. The zero-order chi connectivity index (χ0) is 23.4. The van der Waals surface area contributed by atoms with Gasteiger partial charge in [0.2, 0.25) is 11.8 Å². The third-order valence-electron chi connectivity index (χ3n) is 5.89. The Morgan fingerprint density at radius 2 is 1.79 bits per heavy atom. The van der Waals surface area contributed by atoms with Gasteiger partial charge in [-0.3, -0.25) is 4.79 Å².